The third kappa shape index (κ3) is 4.87. The van der Waals surface area contributed by atoms with Crippen LogP contribution in [0.15, 0.2) is 63.6 Å². The normalized spacial score (nSPS) is 10.7. The topological polar surface area (TPSA) is 82.3 Å². The van der Waals surface area contributed by atoms with Crippen molar-refractivity contribution in [3.8, 4) is 23.0 Å². The fourth-order valence-electron chi connectivity index (χ4n) is 2.53. The van der Waals surface area contributed by atoms with Crippen LogP contribution in [0.4, 0.5) is 10.8 Å². The Morgan fingerprint density at radius 1 is 1.03 bits per heavy atom. The van der Waals surface area contributed by atoms with Crippen LogP contribution < -0.4 is 14.8 Å². The molecule has 0 unspecified atom stereocenters. The molecule has 0 aliphatic carbocycles. The summed E-state index contributed by atoms with van der Waals surface area (Å²) >= 11 is 3.00. The average Bonchev–Trinajstić information content (AvgIpc) is 3.42. The van der Waals surface area contributed by atoms with Gasteiger partial charge in [-0.05, 0) is 24.3 Å². The summed E-state index contributed by atoms with van der Waals surface area (Å²) in [6.07, 6.45) is 0. The lowest BCUT2D eigenvalue weighted by Crippen LogP contribution is -1.89. The van der Waals surface area contributed by atoms with E-state index in [2.05, 4.69) is 20.5 Å². The Hall–Kier alpha value is -3.04. The number of ether oxygens (including phenoxy) is 2. The summed E-state index contributed by atoms with van der Waals surface area (Å²) in [5, 5.41) is 14.9. The Morgan fingerprint density at radius 2 is 1.79 bits per heavy atom. The van der Waals surface area contributed by atoms with Gasteiger partial charge in [-0.3, -0.25) is 0 Å². The molecule has 0 radical (unpaired) electrons. The van der Waals surface area contributed by atoms with Gasteiger partial charge in [0, 0.05) is 28.5 Å². The summed E-state index contributed by atoms with van der Waals surface area (Å²) in [7, 11) is 3.20. The number of para-hydroxylation sites is 1. The molecule has 4 rings (SSSR count). The van der Waals surface area contributed by atoms with E-state index in [1.807, 2.05) is 47.8 Å². The maximum absolute atomic E-state index is 5.78. The predicted octanol–water partition coefficient (Wildman–Crippen LogP) is 5.25. The molecule has 0 saturated heterocycles. The zero-order valence-corrected chi connectivity index (χ0v) is 17.4. The number of thioether (sulfide) groups is 1. The van der Waals surface area contributed by atoms with Crippen LogP contribution in [0, 0.1) is 0 Å². The van der Waals surface area contributed by atoms with Crippen LogP contribution in [-0.4, -0.2) is 29.4 Å². The van der Waals surface area contributed by atoms with E-state index in [1.165, 1.54) is 11.8 Å². The number of nitrogens with one attached hydrogen (secondary N) is 1. The van der Waals surface area contributed by atoms with Crippen LogP contribution >= 0.6 is 23.1 Å². The second kappa shape index (κ2) is 8.97. The lowest BCUT2D eigenvalue weighted by atomic mass is 10.2. The first-order valence-electron chi connectivity index (χ1n) is 8.70. The van der Waals surface area contributed by atoms with Gasteiger partial charge in [-0.15, -0.1) is 21.5 Å². The fourth-order valence-corrected chi connectivity index (χ4v) is 4.02. The zero-order chi connectivity index (χ0) is 20.1. The SMILES string of the molecule is COc1cc(OC)cc(-c2nnc(SCc3csc(Nc4ccccc4)n3)o2)c1. The number of hydrogen-bond acceptors (Lipinski definition) is 9. The Balaban J connectivity index is 1.40. The van der Waals surface area contributed by atoms with Crippen molar-refractivity contribution in [3.63, 3.8) is 0 Å². The third-order valence-corrected chi connectivity index (χ3v) is 5.58. The van der Waals surface area contributed by atoms with Crippen LogP contribution in [-0.2, 0) is 5.75 Å². The standard InChI is InChI=1S/C20H18N4O3S2/c1-25-16-8-13(9-17(10-16)26-2)18-23-24-20(27-18)29-12-15-11-28-19(22-15)21-14-6-4-3-5-7-14/h3-11H,12H2,1-2H3,(H,21,22). The molecule has 0 aliphatic rings. The van der Waals surface area contributed by atoms with Gasteiger partial charge in [0.15, 0.2) is 5.13 Å². The Kier molecular flexibility index (Phi) is 5.97. The van der Waals surface area contributed by atoms with E-state index in [0.717, 1.165) is 22.1 Å². The molecule has 0 bridgehead atoms. The lowest BCUT2D eigenvalue weighted by Gasteiger charge is -2.05. The van der Waals surface area contributed by atoms with Gasteiger partial charge in [0.2, 0.25) is 5.89 Å². The maximum atomic E-state index is 5.78. The highest BCUT2D eigenvalue weighted by atomic mass is 32.2. The highest BCUT2D eigenvalue weighted by Gasteiger charge is 2.13. The van der Waals surface area contributed by atoms with E-state index in [1.54, 1.807) is 31.6 Å². The smallest absolute Gasteiger partial charge is 0.277 e. The van der Waals surface area contributed by atoms with Gasteiger partial charge >= 0.3 is 0 Å². The minimum atomic E-state index is 0.411. The van der Waals surface area contributed by atoms with Crippen molar-refractivity contribution in [2.45, 2.75) is 11.0 Å². The molecule has 7 nitrogen and oxygen atoms in total. The third-order valence-electron chi connectivity index (χ3n) is 3.93. The van der Waals surface area contributed by atoms with Crippen LogP contribution in [0.2, 0.25) is 0 Å². The van der Waals surface area contributed by atoms with Crippen LogP contribution in [0.5, 0.6) is 11.5 Å². The summed E-state index contributed by atoms with van der Waals surface area (Å²) in [4.78, 5) is 4.59. The van der Waals surface area contributed by atoms with E-state index < -0.39 is 0 Å². The number of anilines is 2. The van der Waals surface area contributed by atoms with Crippen molar-refractivity contribution in [1.82, 2.24) is 15.2 Å². The van der Waals surface area contributed by atoms with E-state index in [4.69, 9.17) is 13.9 Å². The number of thiazole rings is 1. The minimum absolute atomic E-state index is 0.411. The number of hydrogen-bond donors (Lipinski definition) is 1. The molecule has 0 fully saturated rings. The Bertz CT molecular complexity index is 1060. The number of aromatic nitrogens is 3. The van der Waals surface area contributed by atoms with Crippen LogP contribution in [0.1, 0.15) is 5.69 Å². The van der Waals surface area contributed by atoms with Gasteiger partial charge < -0.3 is 19.2 Å². The summed E-state index contributed by atoms with van der Waals surface area (Å²) in [6, 6.07) is 15.4. The van der Waals surface area contributed by atoms with Gasteiger partial charge in [-0.2, -0.15) is 0 Å². The van der Waals surface area contributed by atoms with Crippen molar-refractivity contribution in [2.24, 2.45) is 0 Å². The molecule has 0 spiro atoms. The number of rotatable bonds is 8. The van der Waals surface area contributed by atoms with Gasteiger partial charge in [0.1, 0.15) is 11.5 Å². The molecular formula is C20H18N4O3S2. The summed E-state index contributed by atoms with van der Waals surface area (Å²) in [5.41, 5.74) is 2.70. The second-order valence-corrected chi connectivity index (χ2v) is 7.68. The summed E-state index contributed by atoms with van der Waals surface area (Å²) in [5.74, 6) is 2.37. The number of nitrogens with zero attached hydrogens (tertiary/aromatic N) is 3. The Labute approximate surface area is 176 Å². The van der Waals surface area contributed by atoms with Crippen molar-refractivity contribution < 1.29 is 13.9 Å². The zero-order valence-electron chi connectivity index (χ0n) is 15.8. The molecule has 0 saturated carbocycles. The summed E-state index contributed by atoms with van der Waals surface area (Å²) < 4.78 is 16.4. The van der Waals surface area contributed by atoms with E-state index >= 15 is 0 Å². The summed E-state index contributed by atoms with van der Waals surface area (Å²) in [6.45, 7) is 0. The highest BCUT2D eigenvalue weighted by Crippen LogP contribution is 2.31. The first-order valence-corrected chi connectivity index (χ1v) is 10.6. The van der Waals surface area contributed by atoms with Crippen molar-refractivity contribution >= 4 is 33.9 Å². The number of methoxy groups -OCH3 is 2. The van der Waals surface area contributed by atoms with Crippen molar-refractivity contribution in [2.75, 3.05) is 19.5 Å². The van der Waals surface area contributed by atoms with Crippen LogP contribution in [0.25, 0.3) is 11.5 Å². The molecule has 2 heterocycles. The molecule has 0 atom stereocenters. The van der Waals surface area contributed by atoms with Crippen molar-refractivity contribution in [3.05, 3.63) is 59.6 Å². The lowest BCUT2D eigenvalue weighted by molar-refractivity contribution is 0.394. The average molecular weight is 427 g/mol. The first-order chi connectivity index (χ1) is 14.2. The molecule has 0 aliphatic heterocycles. The van der Waals surface area contributed by atoms with Gasteiger partial charge in [-0.1, -0.05) is 30.0 Å². The van der Waals surface area contributed by atoms with Gasteiger partial charge in [-0.25, -0.2) is 4.98 Å². The molecule has 4 aromatic rings. The molecule has 1 N–H and O–H groups in total. The van der Waals surface area contributed by atoms with Gasteiger partial charge in [0.05, 0.1) is 19.9 Å². The molecule has 29 heavy (non-hydrogen) atoms. The largest absolute Gasteiger partial charge is 0.497 e. The van der Waals surface area contributed by atoms with E-state index in [9.17, 15) is 0 Å². The molecule has 2 aromatic heterocycles. The van der Waals surface area contributed by atoms with Gasteiger partial charge in [0.25, 0.3) is 5.22 Å². The molecule has 2 aromatic carbocycles. The fraction of sp³-hybridized carbons (Fsp3) is 0.150. The highest BCUT2D eigenvalue weighted by molar-refractivity contribution is 7.98. The van der Waals surface area contributed by atoms with E-state index in [-0.39, 0.29) is 0 Å². The van der Waals surface area contributed by atoms with E-state index in [0.29, 0.717) is 28.4 Å². The predicted molar refractivity (Wildman–Crippen MR) is 114 cm³/mol. The monoisotopic (exact) mass is 426 g/mol. The molecule has 148 valence electrons. The quantitative estimate of drug-likeness (QED) is 0.383. The minimum Gasteiger partial charge on any atom is -0.497 e. The maximum Gasteiger partial charge on any atom is 0.277 e. The van der Waals surface area contributed by atoms with Crippen LogP contribution in [0.3, 0.4) is 0 Å². The number of benzene rings is 2. The second-order valence-electron chi connectivity index (χ2n) is 5.90. The molecular weight excluding hydrogens is 408 g/mol. The van der Waals surface area contributed by atoms with Crippen molar-refractivity contribution in [1.29, 1.82) is 0 Å². The Morgan fingerprint density at radius 3 is 2.52 bits per heavy atom. The first kappa shape index (κ1) is 19.3. The molecule has 9 heteroatoms. The molecule has 0 amide bonds.